The first-order valence-electron chi connectivity index (χ1n) is 6.50. The Balaban J connectivity index is 2.34. The number of benzene rings is 1. The van der Waals surface area contributed by atoms with Gasteiger partial charge in [-0.2, -0.15) is 4.31 Å². The van der Waals surface area contributed by atoms with Gasteiger partial charge >= 0.3 is 0 Å². The molecule has 0 amide bonds. The molecular formula is C13H16BrF2NO3S. The lowest BCUT2D eigenvalue weighted by Crippen LogP contribution is -2.41. The lowest BCUT2D eigenvalue weighted by Gasteiger charge is -2.31. The predicted molar refractivity (Wildman–Crippen MR) is 77.4 cm³/mol. The van der Waals surface area contributed by atoms with E-state index in [2.05, 4.69) is 15.9 Å². The van der Waals surface area contributed by atoms with Gasteiger partial charge in [0.05, 0.1) is 6.61 Å². The molecule has 1 aromatic carbocycles. The predicted octanol–water partition coefficient (Wildman–Crippen LogP) is 2.77. The highest BCUT2D eigenvalue weighted by Gasteiger charge is 2.33. The molecule has 1 fully saturated rings. The molecule has 0 aliphatic carbocycles. The van der Waals surface area contributed by atoms with Crippen LogP contribution >= 0.6 is 15.9 Å². The van der Waals surface area contributed by atoms with Gasteiger partial charge in [0, 0.05) is 30.7 Å². The Hall–Kier alpha value is -0.570. The van der Waals surface area contributed by atoms with E-state index in [0.29, 0.717) is 25.6 Å². The number of halogens is 3. The summed E-state index contributed by atoms with van der Waals surface area (Å²) in [6.07, 6.45) is 1.56. The smallest absolute Gasteiger partial charge is 0.247 e. The molecule has 118 valence electrons. The van der Waals surface area contributed by atoms with Crippen LogP contribution in [0, 0.1) is 17.6 Å². The van der Waals surface area contributed by atoms with Gasteiger partial charge < -0.3 is 4.74 Å². The summed E-state index contributed by atoms with van der Waals surface area (Å²) in [6.45, 7) is 1.06. The Morgan fingerprint density at radius 3 is 2.76 bits per heavy atom. The van der Waals surface area contributed by atoms with Gasteiger partial charge in [0.2, 0.25) is 10.0 Å². The molecule has 0 N–H and O–H groups in total. The number of hydrogen-bond acceptors (Lipinski definition) is 3. The van der Waals surface area contributed by atoms with Crippen LogP contribution in [0.25, 0.3) is 0 Å². The van der Waals surface area contributed by atoms with E-state index in [4.69, 9.17) is 4.74 Å². The maximum atomic E-state index is 13.9. The minimum atomic E-state index is -4.00. The van der Waals surface area contributed by atoms with Crippen molar-refractivity contribution in [3.05, 3.63) is 28.2 Å². The molecule has 1 unspecified atom stereocenters. The third-order valence-corrected chi connectivity index (χ3v) is 6.28. The monoisotopic (exact) mass is 383 g/mol. The van der Waals surface area contributed by atoms with Crippen molar-refractivity contribution in [3.8, 4) is 0 Å². The molecule has 1 aliphatic rings. The van der Waals surface area contributed by atoms with E-state index in [1.165, 1.54) is 4.31 Å². The van der Waals surface area contributed by atoms with Crippen LogP contribution in [-0.4, -0.2) is 39.5 Å². The molecule has 1 heterocycles. The average molecular weight is 384 g/mol. The largest absolute Gasteiger partial charge is 0.384 e. The third-order valence-electron chi connectivity index (χ3n) is 3.45. The third kappa shape index (κ3) is 3.61. The second kappa shape index (κ2) is 6.68. The number of rotatable bonds is 4. The van der Waals surface area contributed by atoms with E-state index in [1.54, 1.807) is 7.11 Å². The van der Waals surface area contributed by atoms with Crippen molar-refractivity contribution < 1.29 is 21.9 Å². The fourth-order valence-electron chi connectivity index (χ4n) is 2.52. The highest BCUT2D eigenvalue weighted by molar-refractivity contribution is 9.10. The first-order valence-corrected chi connectivity index (χ1v) is 8.73. The van der Waals surface area contributed by atoms with Crippen molar-refractivity contribution in [2.24, 2.45) is 5.92 Å². The minimum Gasteiger partial charge on any atom is -0.384 e. The van der Waals surface area contributed by atoms with E-state index >= 15 is 0 Å². The van der Waals surface area contributed by atoms with E-state index in [-0.39, 0.29) is 16.9 Å². The van der Waals surface area contributed by atoms with E-state index in [9.17, 15) is 17.2 Å². The van der Waals surface area contributed by atoms with Crippen molar-refractivity contribution in [1.82, 2.24) is 4.31 Å². The molecule has 0 aromatic heterocycles. The molecule has 0 bridgehead atoms. The van der Waals surface area contributed by atoms with Crippen LogP contribution in [0.2, 0.25) is 0 Å². The lowest BCUT2D eigenvalue weighted by molar-refractivity contribution is 0.118. The van der Waals surface area contributed by atoms with E-state index in [0.717, 1.165) is 12.5 Å². The number of piperidine rings is 1. The molecule has 1 saturated heterocycles. The molecule has 0 radical (unpaired) electrons. The van der Waals surface area contributed by atoms with Gasteiger partial charge in [-0.3, -0.25) is 0 Å². The van der Waals surface area contributed by atoms with Gasteiger partial charge in [-0.15, -0.1) is 0 Å². The number of nitrogens with zero attached hydrogens (tertiary/aromatic N) is 1. The first kappa shape index (κ1) is 16.8. The summed E-state index contributed by atoms with van der Waals surface area (Å²) in [7, 11) is -2.44. The van der Waals surface area contributed by atoms with Gasteiger partial charge in [-0.05, 0) is 40.8 Å². The molecular weight excluding hydrogens is 368 g/mol. The van der Waals surface area contributed by atoms with Crippen LogP contribution in [0.3, 0.4) is 0 Å². The summed E-state index contributed by atoms with van der Waals surface area (Å²) in [4.78, 5) is -0.512. The van der Waals surface area contributed by atoms with Crippen LogP contribution in [0.5, 0.6) is 0 Å². The Kier molecular flexibility index (Phi) is 5.34. The second-order valence-corrected chi connectivity index (χ2v) is 7.75. The Labute approximate surface area is 131 Å². The molecule has 0 spiro atoms. The lowest BCUT2D eigenvalue weighted by atomic mass is 10.0. The maximum Gasteiger partial charge on any atom is 0.247 e. The Morgan fingerprint density at radius 2 is 2.14 bits per heavy atom. The van der Waals surface area contributed by atoms with Crippen LogP contribution < -0.4 is 0 Å². The zero-order chi connectivity index (χ0) is 15.6. The first-order chi connectivity index (χ1) is 9.86. The van der Waals surface area contributed by atoms with Crippen molar-refractivity contribution in [2.75, 3.05) is 26.8 Å². The van der Waals surface area contributed by atoms with Crippen molar-refractivity contribution in [2.45, 2.75) is 17.7 Å². The summed E-state index contributed by atoms with van der Waals surface area (Å²) in [5, 5.41) is 0. The van der Waals surface area contributed by atoms with E-state index in [1.807, 2.05) is 0 Å². The van der Waals surface area contributed by atoms with Gasteiger partial charge in [0.25, 0.3) is 0 Å². The molecule has 21 heavy (non-hydrogen) atoms. The van der Waals surface area contributed by atoms with Crippen LogP contribution in [-0.2, 0) is 14.8 Å². The number of hydrogen-bond donors (Lipinski definition) is 0. The van der Waals surface area contributed by atoms with Gasteiger partial charge in [0.1, 0.15) is 16.5 Å². The summed E-state index contributed by atoms with van der Waals surface area (Å²) in [5.41, 5.74) is 0. The van der Waals surface area contributed by atoms with Crippen molar-refractivity contribution in [1.29, 1.82) is 0 Å². The molecule has 4 nitrogen and oxygen atoms in total. The van der Waals surface area contributed by atoms with Gasteiger partial charge in [-0.1, -0.05) is 0 Å². The zero-order valence-electron chi connectivity index (χ0n) is 11.5. The Bertz CT molecular complexity index is 599. The molecule has 2 rings (SSSR count). The van der Waals surface area contributed by atoms with Crippen LogP contribution in [0.4, 0.5) is 8.78 Å². The highest BCUT2D eigenvalue weighted by atomic mass is 79.9. The molecule has 0 saturated carbocycles. The summed E-state index contributed by atoms with van der Waals surface area (Å²) < 4.78 is 58.4. The molecule has 8 heteroatoms. The average Bonchev–Trinajstić information content (AvgIpc) is 2.37. The summed E-state index contributed by atoms with van der Waals surface area (Å²) >= 11 is 2.94. The van der Waals surface area contributed by atoms with Crippen LogP contribution in [0.15, 0.2) is 21.5 Å². The fourth-order valence-corrected chi connectivity index (χ4v) is 5.19. The topological polar surface area (TPSA) is 46.6 Å². The van der Waals surface area contributed by atoms with Crippen LogP contribution in [0.1, 0.15) is 12.8 Å². The van der Waals surface area contributed by atoms with Crippen molar-refractivity contribution in [3.63, 3.8) is 0 Å². The molecule has 1 atom stereocenters. The quantitative estimate of drug-likeness (QED) is 0.802. The fraction of sp³-hybridized carbons (Fsp3) is 0.538. The Morgan fingerprint density at radius 1 is 1.43 bits per heavy atom. The molecule has 1 aliphatic heterocycles. The number of sulfonamides is 1. The summed E-state index contributed by atoms with van der Waals surface area (Å²) in [6, 6.07) is 1.53. The molecule has 1 aromatic rings. The van der Waals surface area contributed by atoms with Crippen molar-refractivity contribution >= 4 is 26.0 Å². The highest BCUT2D eigenvalue weighted by Crippen LogP contribution is 2.31. The minimum absolute atomic E-state index is 0.0841. The second-order valence-electron chi connectivity index (χ2n) is 5.03. The summed E-state index contributed by atoms with van der Waals surface area (Å²) in [5.74, 6) is -1.83. The SMILES string of the molecule is COCC1CCCN(S(=O)(=O)c2c(F)cc(F)cc2Br)C1. The zero-order valence-corrected chi connectivity index (χ0v) is 13.9. The van der Waals surface area contributed by atoms with Gasteiger partial charge in [0.15, 0.2) is 0 Å². The maximum absolute atomic E-state index is 13.9. The number of methoxy groups -OCH3 is 1. The van der Waals surface area contributed by atoms with Gasteiger partial charge in [-0.25, -0.2) is 17.2 Å². The standard InChI is InChI=1S/C13H16BrF2NO3S/c1-20-8-9-3-2-4-17(7-9)21(18,19)13-11(14)5-10(15)6-12(13)16/h5-6,9H,2-4,7-8H2,1H3. The normalized spacial score (nSPS) is 20.7. The van der Waals surface area contributed by atoms with E-state index < -0.39 is 26.6 Å². The number of ether oxygens (including phenoxy) is 1.